The van der Waals surface area contributed by atoms with Gasteiger partial charge in [-0.2, -0.15) is 0 Å². The molecule has 0 unspecified atom stereocenters. The first kappa shape index (κ1) is 18.1. The lowest BCUT2D eigenvalue weighted by Crippen LogP contribution is -2.28. The quantitative estimate of drug-likeness (QED) is 0.666. The van der Waals surface area contributed by atoms with Gasteiger partial charge < -0.3 is 15.0 Å². The Kier molecular flexibility index (Phi) is 6.31. The molecule has 3 rings (SSSR count). The van der Waals surface area contributed by atoms with E-state index in [1.54, 1.807) is 31.6 Å². The fraction of sp³-hybridized carbons (Fsp3) is 0.350. The van der Waals surface area contributed by atoms with Gasteiger partial charge in [0.2, 0.25) is 5.78 Å². The van der Waals surface area contributed by atoms with Gasteiger partial charge in [-0.3, -0.25) is 9.78 Å². The van der Waals surface area contributed by atoms with Crippen molar-refractivity contribution in [2.24, 2.45) is 0 Å². The molecule has 0 atom stereocenters. The van der Waals surface area contributed by atoms with E-state index >= 15 is 0 Å². The van der Waals surface area contributed by atoms with Crippen LogP contribution in [0.5, 0.6) is 0 Å². The number of rotatable bonds is 4. The average molecular weight is 350 g/mol. The number of pyridine rings is 2. The summed E-state index contributed by atoms with van der Waals surface area (Å²) < 4.78 is 4.91. The third kappa shape index (κ3) is 4.66. The van der Waals surface area contributed by atoms with Crippen molar-refractivity contribution in [1.82, 2.24) is 15.3 Å². The number of carbonyl (C=O) groups is 1. The Morgan fingerprint density at radius 1 is 1.31 bits per heavy atom. The number of ether oxygens (including phenoxy) is 1. The first-order valence-corrected chi connectivity index (χ1v) is 8.68. The van der Waals surface area contributed by atoms with E-state index in [1.807, 2.05) is 12.1 Å². The summed E-state index contributed by atoms with van der Waals surface area (Å²) >= 11 is 0. The molecule has 2 aromatic heterocycles. The summed E-state index contributed by atoms with van der Waals surface area (Å²) in [7, 11) is 1.59. The Labute approximate surface area is 153 Å². The summed E-state index contributed by atoms with van der Waals surface area (Å²) in [5.74, 6) is 6.49. The van der Waals surface area contributed by atoms with Crippen LogP contribution in [0, 0.1) is 11.8 Å². The molecule has 0 saturated carbocycles. The van der Waals surface area contributed by atoms with Gasteiger partial charge >= 0.3 is 0 Å². The Balaban J connectivity index is 1.81. The molecule has 6 heteroatoms. The van der Waals surface area contributed by atoms with Gasteiger partial charge in [0, 0.05) is 50.3 Å². The van der Waals surface area contributed by atoms with Crippen LogP contribution in [0.3, 0.4) is 0 Å². The molecule has 0 aromatic carbocycles. The lowest BCUT2D eigenvalue weighted by atomic mass is 10.1. The fourth-order valence-corrected chi connectivity index (χ4v) is 2.79. The maximum absolute atomic E-state index is 12.8. The van der Waals surface area contributed by atoms with Gasteiger partial charge in [-0.15, -0.1) is 0 Å². The van der Waals surface area contributed by atoms with Crippen molar-refractivity contribution >= 4 is 11.6 Å². The molecular weight excluding hydrogens is 328 g/mol. The lowest BCUT2D eigenvalue weighted by molar-refractivity contribution is 0.103. The highest BCUT2D eigenvalue weighted by atomic mass is 16.5. The van der Waals surface area contributed by atoms with Crippen LogP contribution in [0.15, 0.2) is 36.7 Å². The first-order chi connectivity index (χ1) is 12.8. The van der Waals surface area contributed by atoms with Gasteiger partial charge in [-0.1, -0.05) is 17.9 Å². The van der Waals surface area contributed by atoms with Crippen molar-refractivity contribution in [2.45, 2.75) is 6.42 Å². The van der Waals surface area contributed by atoms with E-state index in [9.17, 15) is 4.79 Å². The van der Waals surface area contributed by atoms with Crippen molar-refractivity contribution in [3.8, 4) is 11.8 Å². The summed E-state index contributed by atoms with van der Waals surface area (Å²) in [5.41, 5.74) is 1.59. The molecule has 1 saturated heterocycles. The minimum absolute atomic E-state index is 0.150. The zero-order chi connectivity index (χ0) is 18.2. The van der Waals surface area contributed by atoms with Gasteiger partial charge in [-0.05, 0) is 31.2 Å². The molecule has 26 heavy (non-hydrogen) atoms. The molecule has 0 amide bonds. The van der Waals surface area contributed by atoms with Crippen LogP contribution in [0.1, 0.15) is 28.0 Å². The molecule has 0 bridgehead atoms. The Morgan fingerprint density at radius 3 is 3.12 bits per heavy atom. The second-order valence-corrected chi connectivity index (χ2v) is 6.00. The topological polar surface area (TPSA) is 67.3 Å². The summed E-state index contributed by atoms with van der Waals surface area (Å²) in [6.45, 7) is 4.09. The van der Waals surface area contributed by atoms with Crippen LogP contribution in [0.4, 0.5) is 5.82 Å². The largest absolute Gasteiger partial charge is 0.372 e. The minimum Gasteiger partial charge on any atom is -0.372 e. The second kappa shape index (κ2) is 9.09. The predicted octanol–water partition coefficient (Wildman–Crippen LogP) is 1.51. The number of hydrogen-bond acceptors (Lipinski definition) is 6. The Hall–Kier alpha value is -2.75. The van der Waals surface area contributed by atoms with E-state index in [4.69, 9.17) is 4.74 Å². The zero-order valence-electron chi connectivity index (χ0n) is 14.9. The number of methoxy groups -OCH3 is 1. The molecular formula is C20H22N4O2. The van der Waals surface area contributed by atoms with Crippen molar-refractivity contribution in [2.75, 3.05) is 44.8 Å². The van der Waals surface area contributed by atoms with Gasteiger partial charge in [0.15, 0.2) is 0 Å². The summed E-state index contributed by atoms with van der Waals surface area (Å²) in [6.07, 6.45) is 4.24. The van der Waals surface area contributed by atoms with E-state index in [-0.39, 0.29) is 5.78 Å². The van der Waals surface area contributed by atoms with E-state index in [1.165, 1.54) is 0 Å². The van der Waals surface area contributed by atoms with E-state index in [0.717, 1.165) is 38.4 Å². The second-order valence-electron chi connectivity index (χ2n) is 6.00. The Morgan fingerprint density at radius 2 is 2.23 bits per heavy atom. The van der Waals surface area contributed by atoms with Crippen LogP contribution < -0.4 is 10.2 Å². The smallest absolute Gasteiger partial charge is 0.213 e. The molecule has 6 nitrogen and oxygen atoms in total. The van der Waals surface area contributed by atoms with E-state index in [2.05, 4.69) is 32.0 Å². The minimum atomic E-state index is -0.150. The molecule has 0 radical (unpaired) electrons. The van der Waals surface area contributed by atoms with Crippen LogP contribution in [-0.4, -0.2) is 55.6 Å². The third-order valence-electron chi connectivity index (χ3n) is 4.08. The van der Waals surface area contributed by atoms with Gasteiger partial charge in [-0.25, -0.2) is 4.98 Å². The maximum atomic E-state index is 12.8. The molecule has 2 aromatic rings. The van der Waals surface area contributed by atoms with E-state index in [0.29, 0.717) is 23.4 Å². The molecule has 1 aliphatic rings. The number of nitrogens with one attached hydrogen (secondary N) is 1. The van der Waals surface area contributed by atoms with E-state index < -0.39 is 0 Å². The van der Waals surface area contributed by atoms with Gasteiger partial charge in [0.25, 0.3) is 0 Å². The number of hydrogen-bond donors (Lipinski definition) is 1. The molecule has 1 fully saturated rings. The normalized spacial score (nSPS) is 14.3. The predicted molar refractivity (Wildman–Crippen MR) is 100 cm³/mol. The van der Waals surface area contributed by atoms with Crippen LogP contribution in [0.25, 0.3) is 0 Å². The molecule has 0 spiro atoms. The average Bonchev–Trinajstić information content (AvgIpc) is 2.97. The molecule has 3 heterocycles. The van der Waals surface area contributed by atoms with Crippen LogP contribution >= 0.6 is 0 Å². The highest BCUT2D eigenvalue weighted by Gasteiger charge is 2.15. The monoisotopic (exact) mass is 350 g/mol. The Bertz CT molecular complexity index is 818. The van der Waals surface area contributed by atoms with Crippen LogP contribution in [0.2, 0.25) is 0 Å². The SMILES string of the molecule is COCC#Cc1cncc(C(=O)c2cccc(N3CCCNCC3)n2)c1. The highest BCUT2D eigenvalue weighted by Crippen LogP contribution is 2.15. The molecule has 1 N–H and O–H groups in total. The number of carbonyl (C=O) groups excluding carboxylic acids is 1. The maximum Gasteiger partial charge on any atom is 0.213 e. The van der Waals surface area contributed by atoms with Crippen molar-refractivity contribution in [3.63, 3.8) is 0 Å². The number of anilines is 1. The summed E-state index contributed by atoms with van der Waals surface area (Å²) in [4.78, 5) is 23.7. The molecule has 1 aliphatic heterocycles. The molecule has 0 aliphatic carbocycles. The highest BCUT2D eigenvalue weighted by molar-refractivity contribution is 6.07. The number of nitrogens with zero attached hydrogens (tertiary/aromatic N) is 3. The summed E-state index contributed by atoms with van der Waals surface area (Å²) in [6, 6.07) is 7.31. The standard InChI is InChI=1S/C20H22N4O2/c1-26-12-3-5-16-13-17(15-22-14-16)20(25)18-6-2-7-19(23-18)24-10-4-8-21-9-11-24/h2,6-7,13-15,21H,4,8-12H2,1H3. The number of aromatic nitrogens is 2. The summed E-state index contributed by atoms with van der Waals surface area (Å²) in [5, 5.41) is 3.37. The fourth-order valence-electron chi connectivity index (χ4n) is 2.79. The third-order valence-corrected chi connectivity index (χ3v) is 4.08. The first-order valence-electron chi connectivity index (χ1n) is 8.68. The van der Waals surface area contributed by atoms with Crippen molar-refractivity contribution < 1.29 is 9.53 Å². The van der Waals surface area contributed by atoms with Gasteiger partial charge in [0.05, 0.1) is 0 Å². The molecule has 134 valence electrons. The zero-order valence-corrected chi connectivity index (χ0v) is 14.9. The lowest BCUT2D eigenvalue weighted by Gasteiger charge is -2.21. The van der Waals surface area contributed by atoms with Gasteiger partial charge in [0.1, 0.15) is 18.1 Å². The van der Waals surface area contributed by atoms with Crippen molar-refractivity contribution in [3.05, 3.63) is 53.5 Å². The van der Waals surface area contributed by atoms with Crippen LogP contribution in [-0.2, 0) is 4.74 Å². The number of ketones is 1. The van der Waals surface area contributed by atoms with Crippen molar-refractivity contribution in [1.29, 1.82) is 0 Å².